The van der Waals surface area contributed by atoms with E-state index in [1.54, 1.807) is 6.92 Å². The summed E-state index contributed by atoms with van der Waals surface area (Å²) in [5.41, 5.74) is 5.47. The molecule has 0 aliphatic rings. The zero-order valence-corrected chi connectivity index (χ0v) is 5.07. The predicted octanol–water partition coefficient (Wildman–Crippen LogP) is -0.0270. The first-order valence-electron chi connectivity index (χ1n) is 2.34. The van der Waals surface area contributed by atoms with Crippen molar-refractivity contribution in [3.8, 4) is 0 Å². The van der Waals surface area contributed by atoms with Gasteiger partial charge in [0.15, 0.2) is 0 Å². The highest BCUT2D eigenvalue weighted by Crippen LogP contribution is 1.83. The molecule has 0 spiro atoms. The molecule has 9 heavy (non-hydrogen) atoms. The largest absolute Gasteiger partial charge is 0.411 e. The highest BCUT2D eigenvalue weighted by molar-refractivity contribution is 6.01. The van der Waals surface area contributed by atoms with Gasteiger partial charge >= 0.3 is 0 Å². The van der Waals surface area contributed by atoms with E-state index in [0.29, 0.717) is 5.71 Å². The second-order valence-electron chi connectivity index (χ2n) is 1.60. The first kappa shape index (κ1) is 7.74. The molecule has 0 atom stereocenters. The smallest absolute Gasteiger partial charge is 0.144 e. The molecule has 0 aliphatic carbocycles. The molecule has 5 nitrogen and oxygen atoms in total. The maximum absolute atomic E-state index is 8.07. The van der Waals surface area contributed by atoms with Crippen molar-refractivity contribution < 1.29 is 10.4 Å². The third kappa shape index (κ3) is 3.33. The molecule has 0 bridgehead atoms. The van der Waals surface area contributed by atoms with Gasteiger partial charge in [-0.1, -0.05) is 10.3 Å². The van der Waals surface area contributed by atoms with Crippen LogP contribution < -0.4 is 5.73 Å². The van der Waals surface area contributed by atoms with Gasteiger partial charge < -0.3 is 16.1 Å². The number of nitrogens with two attached hydrogens (primary N) is 1. The van der Waals surface area contributed by atoms with Crippen molar-refractivity contribution in [2.75, 3.05) is 0 Å². The lowest BCUT2D eigenvalue weighted by atomic mass is 10.3. The van der Waals surface area contributed by atoms with Gasteiger partial charge in [-0.15, -0.1) is 0 Å². The van der Waals surface area contributed by atoms with E-state index in [1.165, 1.54) is 0 Å². The van der Waals surface area contributed by atoms with Crippen molar-refractivity contribution in [1.82, 2.24) is 0 Å². The molecule has 4 N–H and O–H groups in total. The molecular weight excluding hydrogens is 122 g/mol. The van der Waals surface area contributed by atoms with Crippen molar-refractivity contribution in [3.63, 3.8) is 0 Å². The average Bonchev–Trinajstić information content (AvgIpc) is 1.87. The Balaban J connectivity index is 3.75. The first-order chi connectivity index (χ1) is 4.20. The quantitative estimate of drug-likeness (QED) is 0.213. The fourth-order valence-electron chi connectivity index (χ4n) is 0.333. The van der Waals surface area contributed by atoms with Crippen LogP contribution in [0.4, 0.5) is 0 Å². The summed E-state index contributed by atoms with van der Waals surface area (Å²) in [5, 5.41) is 21.6. The van der Waals surface area contributed by atoms with Crippen molar-refractivity contribution in [3.05, 3.63) is 0 Å². The second-order valence-corrected chi connectivity index (χ2v) is 1.60. The lowest BCUT2D eigenvalue weighted by Crippen LogP contribution is -2.15. The minimum Gasteiger partial charge on any atom is -0.411 e. The summed E-state index contributed by atoms with van der Waals surface area (Å²) < 4.78 is 0. The van der Waals surface area contributed by atoms with Crippen LogP contribution in [0.15, 0.2) is 10.3 Å². The third-order valence-electron chi connectivity index (χ3n) is 0.736. The Morgan fingerprint density at radius 1 is 1.44 bits per heavy atom. The summed E-state index contributed by atoms with van der Waals surface area (Å²) >= 11 is 0. The van der Waals surface area contributed by atoms with Crippen LogP contribution in [0.3, 0.4) is 0 Å². The highest BCUT2D eigenvalue weighted by atomic mass is 16.4. The van der Waals surface area contributed by atoms with E-state index in [4.69, 9.17) is 16.1 Å². The highest BCUT2D eigenvalue weighted by Gasteiger charge is 1.95. The molecule has 0 rings (SSSR count). The van der Waals surface area contributed by atoms with E-state index in [2.05, 4.69) is 10.3 Å². The summed E-state index contributed by atoms with van der Waals surface area (Å²) in [7, 11) is 0. The number of amidine groups is 1. The molecule has 0 aliphatic heterocycles. The summed E-state index contributed by atoms with van der Waals surface area (Å²) in [5.74, 6) is 0.0327. The second kappa shape index (κ2) is 3.71. The minimum atomic E-state index is 0.0327. The van der Waals surface area contributed by atoms with Crippen molar-refractivity contribution in [2.24, 2.45) is 16.0 Å². The lowest BCUT2D eigenvalue weighted by molar-refractivity contribution is 0.314. The SMILES string of the molecule is C/C(C/C(N)=N/O)=N/O. The van der Waals surface area contributed by atoms with Gasteiger partial charge in [-0.2, -0.15) is 0 Å². The number of rotatable bonds is 2. The lowest BCUT2D eigenvalue weighted by Gasteiger charge is -1.92. The Bertz CT molecular complexity index is 125. The van der Waals surface area contributed by atoms with Gasteiger partial charge in [-0.25, -0.2) is 0 Å². The normalized spacial score (nSPS) is 13.9. The molecule has 0 fully saturated rings. The molecular formula is C4H9N3O2. The Labute approximate surface area is 52.5 Å². The van der Waals surface area contributed by atoms with E-state index in [1.807, 2.05) is 0 Å². The molecule has 0 saturated heterocycles. The van der Waals surface area contributed by atoms with E-state index < -0.39 is 0 Å². The van der Waals surface area contributed by atoms with Gasteiger partial charge in [0, 0.05) is 0 Å². The Kier molecular flexibility index (Phi) is 3.19. The molecule has 0 aromatic heterocycles. The molecule has 0 saturated carbocycles. The van der Waals surface area contributed by atoms with E-state index >= 15 is 0 Å². The fraction of sp³-hybridized carbons (Fsp3) is 0.500. The maximum atomic E-state index is 8.07. The van der Waals surface area contributed by atoms with E-state index in [9.17, 15) is 0 Å². The van der Waals surface area contributed by atoms with Crippen LogP contribution in [0.5, 0.6) is 0 Å². The molecule has 5 heteroatoms. The minimum absolute atomic E-state index is 0.0327. The number of nitrogens with zero attached hydrogens (tertiary/aromatic N) is 2. The van der Waals surface area contributed by atoms with Crippen molar-refractivity contribution >= 4 is 11.5 Å². The van der Waals surface area contributed by atoms with E-state index in [-0.39, 0.29) is 12.3 Å². The molecule has 0 heterocycles. The summed E-state index contributed by atoms with van der Waals surface area (Å²) in [4.78, 5) is 0. The first-order valence-corrected chi connectivity index (χ1v) is 2.34. The number of hydrogen-bond acceptors (Lipinski definition) is 4. The number of oxime groups is 2. The average molecular weight is 131 g/mol. The molecule has 0 aromatic rings. The zero-order valence-electron chi connectivity index (χ0n) is 5.07. The van der Waals surface area contributed by atoms with Gasteiger partial charge in [0.1, 0.15) is 5.84 Å². The topological polar surface area (TPSA) is 91.2 Å². The molecule has 52 valence electrons. The zero-order chi connectivity index (χ0) is 7.28. The number of hydrogen-bond donors (Lipinski definition) is 3. The molecule has 0 aromatic carbocycles. The van der Waals surface area contributed by atoms with Crippen molar-refractivity contribution in [2.45, 2.75) is 13.3 Å². The standard InChI is InChI=1S/C4H9N3O2/c1-3(6-8)2-4(5)7-9/h8-9H,2H2,1H3,(H2,5,7)/b6-3-. The van der Waals surface area contributed by atoms with Gasteiger partial charge in [-0.05, 0) is 6.92 Å². The van der Waals surface area contributed by atoms with Crippen LogP contribution in [0.25, 0.3) is 0 Å². The monoisotopic (exact) mass is 131 g/mol. The van der Waals surface area contributed by atoms with Crippen LogP contribution >= 0.6 is 0 Å². The van der Waals surface area contributed by atoms with Crippen LogP contribution in [-0.4, -0.2) is 22.0 Å². The van der Waals surface area contributed by atoms with Gasteiger partial charge in [0.25, 0.3) is 0 Å². The van der Waals surface area contributed by atoms with Gasteiger partial charge in [-0.3, -0.25) is 0 Å². The summed E-state index contributed by atoms with van der Waals surface area (Å²) in [6.07, 6.45) is 0.188. The predicted molar refractivity (Wildman–Crippen MR) is 32.9 cm³/mol. The summed E-state index contributed by atoms with van der Waals surface area (Å²) in [6, 6.07) is 0. The van der Waals surface area contributed by atoms with Crippen LogP contribution in [0.1, 0.15) is 13.3 Å². The molecule has 0 unspecified atom stereocenters. The molecule has 0 radical (unpaired) electrons. The van der Waals surface area contributed by atoms with E-state index in [0.717, 1.165) is 0 Å². The van der Waals surface area contributed by atoms with Gasteiger partial charge in [0.05, 0.1) is 12.1 Å². The Morgan fingerprint density at radius 3 is 2.33 bits per heavy atom. The Hall–Kier alpha value is -1.26. The third-order valence-corrected chi connectivity index (χ3v) is 0.736. The Morgan fingerprint density at radius 2 is 2.00 bits per heavy atom. The maximum Gasteiger partial charge on any atom is 0.144 e. The van der Waals surface area contributed by atoms with Crippen LogP contribution in [0, 0.1) is 0 Å². The fourth-order valence-corrected chi connectivity index (χ4v) is 0.333. The van der Waals surface area contributed by atoms with Crippen molar-refractivity contribution in [1.29, 1.82) is 0 Å². The molecule has 0 amide bonds. The van der Waals surface area contributed by atoms with Crippen LogP contribution in [-0.2, 0) is 0 Å². The van der Waals surface area contributed by atoms with Gasteiger partial charge in [0.2, 0.25) is 0 Å². The summed E-state index contributed by atoms with van der Waals surface area (Å²) in [6.45, 7) is 1.57. The van der Waals surface area contributed by atoms with Crippen LogP contribution in [0.2, 0.25) is 0 Å².